The van der Waals surface area contributed by atoms with Crippen LogP contribution in [0.25, 0.3) is 11.0 Å². The van der Waals surface area contributed by atoms with Crippen LogP contribution in [0.4, 0.5) is 5.69 Å². The molecule has 13 heteroatoms. The third kappa shape index (κ3) is 10.5. The largest absolute Gasteiger partial charge is 0.379 e. The molecule has 0 radical (unpaired) electrons. The third-order valence-electron chi connectivity index (χ3n) is 9.31. The molecule has 2 fully saturated rings. The van der Waals surface area contributed by atoms with Gasteiger partial charge in [-0.15, -0.1) is 6.42 Å². The standard InChI is InChI=1S/C33H40ClN5O7.C5H10/c1-2-10-42-12-14-44-16-18-46-19-17-45-15-13-43-11-4-3-9-38-29-6-5-26(34)20-28(29)36-31(38)22-39-30-21-35-8-7-27(30)33(32(39)41)23-37(24-33)25-40;1-2-5-3-4-5/h1,5-8,20-21,25H,3-4,9-19,22-24H2;5H,2-4H2,1H3. The van der Waals surface area contributed by atoms with Crippen LogP contribution in [0.1, 0.15) is 50.4 Å². The first kappa shape index (κ1) is 38.7. The summed E-state index contributed by atoms with van der Waals surface area (Å²) in [7, 11) is 0. The number of amides is 2. The Labute approximate surface area is 305 Å². The Kier molecular flexibility index (Phi) is 15.1. The Bertz CT molecular complexity index is 1600. The van der Waals surface area contributed by atoms with Gasteiger partial charge in [-0.2, -0.15) is 0 Å². The van der Waals surface area contributed by atoms with Crippen LogP contribution in [-0.4, -0.2) is 111 Å². The molecule has 12 nitrogen and oxygen atoms in total. The van der Waals surface area contributed by atoms with E-state index in [1.54, 1.807) is 22.2 Å². The molecule has 0 N–H and O–H groups in total. The molecule has 6 rings (SSSR count). The molecule has 1 aliphatic carbocycles. The van der Waals surface area contributed by atoms with Crippen molar-refractivity contribution in [3.63, 3.8) is 0 Å². The lowest BCUT2D eigenvalue weighted by Gasteiger charge is -2.44. The highest BCUT2D eigenvalue weighted by Crippen LogP contribution is 2.47. The molecule has 4 heterocycles. The molecular formula is C38H50ClN5O7. The van der Waals surface area contributed by atoms with Crippen LogP contribution in [0.5, 0.6) is 0 Å². The summed E-state index contributed by atoms with van der Waals surface area (Å²) in [5.74, 6) is 4.27. The predicted molar refractivity (Wildman–Crippen MR) is 195 cm³/mol. The summed E-state index contributed by atoms with van der Waals surface area (Å²) in [5, 5.41) is 0.604. The Balaban J connectivity index is 0.000000927. The molecule has 2 amide bonds. The summed E-state index contributed by atoms with van der Waals surface area (Å²) in [4.78, 5) is 37.7. The summed E-state index contributed by atoms with van der Waals surface area (Å²) in [5.41, 5.74) is 2.70. The molecule has 276 valence electrons. The SMILES string of the molecule is C#CCOCCOCCOCCOCCOCCCCn1c(CN2C(=O)C3(CN(C=O)C3)c3ccncc32)nc2cc(Cl)ccc21.CCC1CC1. The van der Waals surface area contributed by atoms with Gasteiger partial charge < -0.3 is 38.1 Å². The first-order valence-electron chi connectivity index (χ1n) is 17.9. The molecule has 2 aliphatic heterocycles. The van der Waals surface area contributed by atoms with Crippen molar-refractivity contribution in [1.82, 2.24) is 19.4 Å². The van der Waals surface area contributed by atoms with Gasteiger partial charge in [0.05, 0.1) is 82.3 Å². The average Bonchev–Trinajstić information content (AvgIpc) is 3.87. The molecular weight excluding hydrogens is 674 g/mol. The first-order valence-corrected chi connectivity index (χ1v) is 18.3. The lowest BCUT2D eigenvalue weighted by atomic mass is 9.75. The van der Waals surface area contributed by atoms with E-state index in [1.807, 2.05) is 24.3 Å². The van der Waals surface area contributed by atoms with Crippen molar-refractivity contribution in [2.75, 3.05) is 84.1 Å². The van der Waals surface area contributed by atoms with Gasteiger partial charge in [0.15, 0.2) is 0 Å². The van der Waals surface area contributed by atoms with E-state index in [4.69, 9.17) is 46.7 Å². The Morgan fingerprint density at radius 2 is 1.63 bits per heavy atom. The maximum atomic E-state index is 13.8. The van der Waals surface area contributed by atoms with Gasteiger partial charge in [0.2, 0.25) is 12.3 Å². The number of hydrogen-bond donors (Lipinski definition) is 0. The second-order valence-corrected chi connectivity index (χ2v) is 13.4. The molecule has 0 atom stereocenters. The van der Waals surface area contributed by atoms with Gasteiger partial charge in [0, 0.05) is 37.5 Å². The zero-order chi connectivity index (χ0) is 35.9. The number of unbranched alkanes of at least 4 members (excludes halogenated alkanes) is 1. The van der Waals surface area contributed by atoms with Gasteiger partial charge >= 0.3 is 0 Å². The van der Waals surface area contributed by atoms with Gasteiger partial charge in [-0.25, -0.2) is 4.98 Å². The van der Waals surface area contributed by atoms with Gasteiger partial charge in [-0.1, -0.05) is 43.7 Å². The van der Waals surface area contributed by atoms with Crippen LogP contribution < -0.4 is 4.90 Å². The third-order valence-corrected chi connectivity index (χ3v) is 9.55. The summed E-state index contributed by atoms with van der Waals surface area (Å²) in [6.07, 6.45) is 15.5. The van der Waals surface area contributed by atoms with Crippen molar-refractivity contribution < 1.29 is 33.3 Å². The zero-order valence-electron chi connectivity index (χ0n) is 29.6. The number of terminal acetylenes is 1. The number of benzene rings is 1. The number of pyridine rings is 1. The van der Waals surface area contributed by atoms with Crippen LogP contribution in [-0.2, 0) is 51.8 Å². The van der Waals surface area contributed by atoms with E-state index < -0.39 is 5.41 Å². The molecule has 51 heavy (non-hydrogen) atoms. The van der Waals surface area contributed by atoms with E-state index in [0.29, 0.717) is 97.3 Å². The first-order chi connectivity index (χ1) is 25.0. The van der Waals surface area contributed by atoms with Crippen molar-refractivity contribution in [3.05, 3.63) is 53.1 Å². The number of likely N-dealkylation sites (tertiary alicyclic amines) is 1. The van der Waals surface area contributed by atoms with Crippen molar-refractivity contribution in [1.29, 1.82) is 0 Å². The lowest BCUT2D eigenvalue weighted by molar-refractivity contribution is -0.135. The fraction of sp³-hybridized carbons (Fsp3) is 0.579. The summed E-state index contributed by atoms with van der Waals surface area (Å²) in [6, 6.07) is 7.55. The lowest BCUT2D eigenvalue weighted by Crippen LogP contribution is -2.63. The molecule has 3 aliphatic rings. The second kappa shape index (κ2) is 19.9. The molecule has 0 unspecified atom stereocenters. The predicted octanol–water partition coefficient (Wildman–Crippen LogP) is 4.64. The molecule has 1 saturated carbocycles. The minimum absolute atomic E-state index is 0.0280. The maximum absolute atomic E-state index is 13.8. The number of anilines is 1. The molecule has 2 aromatic heterocycles. The number of imidazole rings is 1. The van der Waals surface area contributed by atoms with Crippen molar-refractivity contribution in [2.24, 2.45) is 5.92 Å². The number of rotatable bonds is 22. The number of aryl methyl sites for hydroxylation is 1. The maximum Gasteiger partial charge on any atom is 0.241 e. The zero-order valence-corrected chi connectivity index (χ0v) is 30.4. The Morgan fingerprint density at radius 1 is 0.961 bits per heavy atom. The number of carbonyl (C=O) groups is 2. The highest BCUT2D eigenvalue weighted by molar-refractivity contribution is 6.31. The summed E-state index contributed by atoms with van der Waals surface area (Å²) in [6.45, 7) is 8.85. The smallest absolute Gasteiger partial charge is 0.241 e. The van der Waals surface area contributed by atoms with Crippen LogP contribution in [0.15, 0.2) is 36.7 Å². The molecule has 1 saturated heterocycles. The second-order valence-electron chi connectivity index (χ2n) is 13.0. The van der Waals surface area contributed by atoms with Gasteiger partial charge in [-0.3, -0.25) is 14.6 Å². The van der Waals surface area contributed by atoms with E-state index in [1.165, 1.54) is 19.3 Å². The van der Waals surface area contributed by atoms with Crippen molar-refractivity contribution in [2.45, 2.75) is 57.5 Å². The topological polar surface area (TPSA) is 117 Å². The highest BCUT2D eigenvalue weighted by Gasteiger charge is 2.58. The Morgan fingerprint density at radius 3 is 2.24 bits per heavy atom. The highest BCUT2D eigenvalue weighted by atomic mass is 35.5. The van der Waals surface area contributed by atoms with E-state index in [0.717, 1.165) is 53.3 Å². The van der Waals surface area contributed by atoms with Crippen LogP contribution in [0.2, 0.25) is 5.02 Å². The fourth-order valence-corrected chi connectivity index (χ4v) is 6.51. The number of ether oxygens (including phenoxy) is 5. The number of carbonyl (C=O) groups excluding carboxylic acids is 2. The normalized spacial score (nSPS) is 15.8. The van der Waals surface area contributed by atoms with Gasteiger partial charge in [0.25, 0.3) is 0 Å². The number of nitrogens with zero attached hydrogens (tertiary/aromatic N) is 5. The molecule has 3 aromatic rings. The van der Waals surface area contributed by atoms with Gasteiger partial charge in [-0.05, 0) is 48.6 Å². The molecule has 0 bridgehead atoms. The average molecular weight is 724 g/mol. The quantitative estimate of drug-likeness (QED) is 0.0830. The Hall–Kier alpha value is -3.57. The number of hydrogen-bond acceptors (Lipinski definition) is 9. The number of fused-ring (bicyclic) bond motifs is 3. The molecule has 1 aromatic carbocycles. The van der Waals surface area contributed by atoms with Crippen LogP contribution in [0, 0.1) is 18.3 Å². The number of halogens is 1. The number of aromatic nitrogens is 3. The monoisotopic (exact) mass is 723 g/mol. The van der Waals surface area contributed by atoms with E-state index >= 15 is 0 Å². The fourth-order valence-electron chi connectivity index (χ4n) is 6.35. The van der Waals surface area contributed by atoms with Crippen LogP contribution in [0.3, 0.4) is 0 Å². The van der Waals surface area contributed by atoms with E-state index in [-0.39, 0.29) is 5.91 Å². The van der Waals surface area contributed by atoms with Crippen LogP contribution >= 0.6 is 11.6 Å². The van der Waals surface area contributed by atoms with Crippen molar-refractivity contribution in [3.8, 4) is 12.3 Å². The van der Waals surface area contributed by atoms with E-state index in [9.17, 15) is 9.59 Å². The molecule has 1 spiro atoms. The van der Waals surface area contributed by atoms with Crippen molar-refractivity contribution >= 4 is 40.6 Å². The van der Waals surface area contributed by atoms with Gasteiger partial charge in [0.1, 0.15) is 17.8 Å². The minimum Gasteiger partial charge on any atom is -0.379 e. The van der Waals surface area contributed by atoms with E-state index in [2.05, 4.69) is 22.4 Å². The minimum atomic E-state index is -0.721. The summed E-state index contributed by atoms with van der Waals surface area (Å²) >= 11 is 6.29. The summed E-state index contributed by atoms with van der Waals surface area (Å²) < 4.78 is 29.5.